The lowest BCUT2D eigenvalue weighted by atomic mass is 10.0. The fourth-order valence-electron chi connectivity index (χ4n) is 2.85. The summed E-state index contributed by atoms with van der Waals surface area (Å²) < 4.78 is 27.1. The highest BCUT2D eigenvalue weighted by molar-refractivity contribution is 5.95. The molecule has 0 radical (unpaired) electrons. The maximum Gasteiger partial charge on any atom is 0.277 e. The lowest BCUT2D eigenvalue weighted by Gasteiger charge is -2.19. The molecule has 1 aromatic carbocycles. The second-order valence-electron chi connectivity index (χ2n) is 5.66. The smallest absolute Gasteiger partial charge is 0.277 e. The Morgan fingerprint density at radius 2 is 1.96 bits per heavy atom. The summed E-state index contributed by atoms with van der Waals surface area (Å²) in [5.41, 5.74) is 0.819. The highest BCUT2D eigenvalue weighted by Gasteiger charge is 2.23. The lowest BCUT2D eigenvalue weighted by molar-refractivity contribution is 0.0932. The normalized spacial score (nSPS) is 12.0. The fourth-order valence-corrected chi connectivity index (χ4v) is 2.85. The van der Waals surface area contributed by atoms with Crippen molar-refractivity contribution in [1.29, 1.82) is 0 Å². The number of aromatic amines is 1. The second kappa shape index (κ2) is 8.00. The monoisotopic (exact) mass is 349 g/mol. The molecule has 5 nitrogen and oxygen atoms in total. The van der Waals surface area contributed by atoms with Crippen LogP contribution in [0.1, 0.15) is 60.4 Å². The maximum absolute atomic E-state index is 14.0. The minimum atomic E-state index is -0.735. The zero-order valence-electron chi connectivity index (χ0n) is 14.5. The number of H-pyrrole nitrogens is 1. The van der Waals surface area contributed by atoms with Crippen molar-refractivity contribution in [2.24, 2.45) is 0 Å². The first kappa shape index (κ1) is 18.8. The molecule has 7 heteroatoms. The zero-order chi connectivity index (χ0) is 18.6. The van der Waals surface area contributed by atoms with Gasteiger partial charge in [-0.15, -0.1) is 0 Å². The van der Waals surface area contributed by atoms with E-state index in [0.717, 1.165) is 12.1 Å². The summed E-state index contributed by atoms with van der Waals surface area (Å²) in [6, 6.07) is 2.54. The number of nitrogens with zero attached hydrogens (tertiary/aromatic N) is 1. The van der Waals surface area contributed by atoms with Crippen molar-refractivity contribution in [2.75, 3.05) is 0 Å². The van der Waals surface area contributed by atoms with Gasteiger partial charge in [-0.3, -0.25) is 9.59 Å². The highest BCUT2D eigenvalue weighted by atomic mass is 19.1. The molecule has 0 aliphatic carbocycles. The summed E-state index contributed by atoms with van der Waals surface area (Å²) >= 11 is 0. The maximum atomic E-state index is 14.0. The molecule has 0 saturated carbocycles. The number of benzene rings is 1. The van der Waals surface area contributed by atoms with E-state index in [1.54, 1.807) is 6.92 Å². The van der Waals surface area contributed by atoms with Gasteiger partial charge >= 0.3 is 0 Å². The van der Waals surface area contributed by atoms with Crippen molar-refractivity contribution < 1.29 is 13.6 Å². The first-order chi connectivity index (χ1) is 11.9. The topological polar surface area (TPSA) is 74.8 Å². The molecule has 0 aliphatic rings. The standard InChI is InChI=1S/C18H21F2N3O2/c1-4-11-15(6-3)22-23-18(25)16(11)17(24)21-14(5-2)12-8-7-10(19)9-13(12)20/h7-9,14H,4-6H2,1-3H3,(H,21,24)(H,23,25)/t14-/m1/s1. The van der Waals surface area contributed by atoms with Crippen LogP contribution in [0.25, 0.3) is 0 Å². The number of rotatable bonds is 6. The number of aryl methyl sites for hydroxylation is 1. The molecule has 134 valence electrons. The first-order valence-corrected chi connectivity index (χ1v) is 8.29. The highest BCUT2D eigenvalue weighted by Crippen LogP contribution is 2.22. The van der Waals surface area contributed by atoms with Gasteiger partial charge in [0.15, 0.2) is 0 Å². The predicted molar refractivity (Wildman–Crippen MR) is 90.5 cm³/mol. The van der Waals surface area contributed by atoms with Gasteiger partial charge in [-0.1, -0.05) is 26.8 Å². The third-order valence-corrected chi connectivity index (χ3v) is 4.14. The van der Waals surface area contributed by atoms with Gasteiger partial charge in [0, 0.05) is 11.6 Å². The van der Waals surface area contributed by atoms with Gasteiger partial charge in [0.1, 0.15) is 17.2 Å². The summed E-state index contributed by atoms with van der Waals surface area (Å²) in [6.45, 7) is 5.48. The zero-order valence-corrected chi connectivity index (χ0v) is 14.5. The lowest BCUT2D eigenvalue weighted by Crippen LogP contribution is -2.35. The molecule has 2 N–H and O–H groups in total. The van der Waals surface area contributed by atoms with E-state index in [1.807, 2.05) is 13.8 Å². The van der Waals surface area contributed by atoms with E-state index in [2.05, 4.69) is 15.5 Å². The molecule has 1 atom stereocenters. The van der Waals surface area contributed by atoms with Gasteiger partial charge in [0.2, 0.25) is 0 Å². The molecule has 1 amide bonds. The Kier molecular flexibility index (Phi) is 6.01. The summed E-state index contributed by atoms with van der Waals surface area (Å²) in [7, 11) is 0. The van der Waals surface area contributed by atoms with E-state index in [4.69, 9.17) is 0 Å². The largest absolute Gasteiger partial charge is 0.345 e. The first-order valence-electron chi connectivity index (χ1n) is 8.29. The molecule has 0 unspecified atom stereocenters. The van der Waals surface area contributed by atoms with Crippen molar-refractivity contribution >= 4 is 5.91 Å². The molecule has 0 fully saturated rings. The SMILES string of the molecule is CCc1n[nH]c(=O)c(C(=O)N[C@H](CC)c2ccc(F)cc2F)c1CC. The van der Waals surface area contributed by atoms with Crippen LogP contribution in [-0.2, 0) is 12.8 Å². The van der Waals surface area contributed by atoms with Gasteiger partial charge in [0.25, 0.3) is 11.5 Å². The quantitative estimate of drug-likeness (QED) is 0.842. The Bertz CT molecular complexity index is 834. The second-order valence-corrected chi connectivity index (χ2v) is 5.66. The molecule has 2 aromatic rings. The molecular formula is C18H21F2N3O2. The third kappa shape index (κ3) is 3.92. The summed E-state index contributed by atoms with van der Waals surface area (Å²) in [5.74, 6) is -2.01. The van der Waals surface area contributed by atoms with Crippen molar-refractivity contribution in [1.82, 2.24) is 15.5 Å². The molecule has 25 heavy (non-hydrogen) atoms. The van der Waals surface area contributed by atoms with Crippen molar-refractivity contribution in [3.63, 3.8) is 0 Å². The van der Waals surface area contributed by atoms with E-state index in [1.165, 1.54) is 6.07 Å². The number of carbonyl (C=O) groups excluding carboxylic acids is 1. The van der Waals surface area contributed by atoms with Gasteiger partial charge in [-0.05, 0) is 30.9 Å². The average Bonchev–Trinajstić information content (AvgIpc) is 2.59. The number of aromatic nitrogens is 2. The minimum absolute atomic E-state index is 0.00433. The van der Waals surface area contributed by atoms with E-state index >= 15 is 0 Å². The van der Waals surface area contributed by atoms with Gasteiger partial charge in [-0.2, -0.15) is 5.10 Å². The number of halogens is 2. The predicted octanol–water partition coefficient (Wildman–Crippen LogP) is 3.05. The Morgan fingerprint density at radius 3 is 2.52 bits per heavy atom. The summed E-state index contributed by atoms with van der Waals surface area (Å²) in [6.07, 6.45) is 1.44. The third-order valence-electron chi connectivity index (χ3n) is 4.14. The van der Waals surface area contributed by atoms with Gasteiger partial charge in [0.05, 0.1) is 11.7 Å². The molecule has 0 saturated heterocycles. The van der Waals surface area contributed by atoms with E-state index in [-0.39, 0.29) is 11.1 Å². The van der Waals surface area contributed by atoms with Crippen molar-refractivity contribution in [3.05, 3.63) is 62.6 Å². The van der Waals surface area contributed by atoms with Crippen LogP contribution in [0.5, 0.6) is 0 Å². The van der Waals surface area contributed by atoms with Crippen LogP contribution in [0.4, 0.5) is 8.78 Å². The summed E-state index contributed by atoms with van der Waals surface area (Å²) in [5, 5.41) is 8.98. The van der Waals surface area contributed by atoms with E-state index < -0.39 is 29.1 Å². The van der Waals surface area contributed by atoms with Crippen LogP contribution in [0.3, 0.4) is 0 Å². The number of hydrogen-bond donors (Lipinski definition) is 2. The van der Waals surface area contributed by atoms with Gasteiger partial charge in [-0.25, -0.2) is 13.9 Å². The minimum Gasteiger partial charge on any atom is -0.345 e. The van der Waals surface area contributed by atoms with Crippen LogP contribution in [0, 0.1) is 11.6 Å². The Morgan fingerprint density at radius 1 is 1.24 bits per heavy atom. The Hall–Kier alpha value is -2.57. The summed E-state index contributed by atoms with van der Waals surface area (Å²) in [4.78, 5) is 24.8. The number of carbonyl (C=O) groups is 1. The van der Waals surface area contributed by atoms with Crippen LogP contribution >= 0.6 is 0 Å². The van der Waals surface area contributed by atoms with Crippen LogP contribution in [-0.4, -0.2) is 16.1 Å². The molecular weight excluding hydrogens is 328 g/mol. The van der Waals surface area contributed by atoms with Crippen LogP contribution in [0.2, 0.25) is 0 Å². The molecule has 2 rings (SSSR count). The molecule has 1 aromatic heterocycles. The molecule has 0 bridgehead atoms. The number of nitrogens with one attached hydrogen (secondary N) is 2. The van der Waals surface area contributed by atoms with Crippen molar-refractivity contribution in [3.8, 4) is 0 Å². The number of amides is 1. The molecule has 1 heterocycles. The molecule has 0 aliphatic heterocycles. The fraction of sp³-hybridized carbons (Fsp3) is 0.389. The average molecular weight is 349 g/mol. The van der Waals surface area contributed by atoms with E-state index in [9.17, 15) is 18.4 Å². The van der Waals surface area contributed by atoms with Crippen LogP contribution in [0.15, 0.2) is 23.0 Å². The van der Waals surface area contributed by atoms with Crippen LogP contribution < -0.4 is 10.9 Å². The molecule has 0 spiro atoms. The van der Waals surface area contributed by atoms with E-state index in [0.29, 0.717) is 30.5 Å². The number of hydrogen-bond acceptors (Lipinski definition) is 3. The van der Waals surface area contributed by atoms with Gasteiger partial charge < -0.3 is 5.32 Å². The Labute approximate surface area is 144 Å². The van der Waals surface area contributed by atoms with Crippen molar-refractivity contribution in [2.45, 2.75) is 46.1 Å². The Balaban J connectivity index is 2.39.